The lowest BCUT2D eigenvalue weighted by molar-refractivity contribution is 0.0194. The quantitative estimate of drug-likeness (QED) is 0.849. The first kappa shape index (κ1) is 14.8. The van der Waals surface area contributed by atoms with Gasteiger partial charge in [0.1, 0.15) is 5.60 Å². The zero-order valence-electron chi connectivity index (χ0n) is 13.2. The van der Waals surface area contributed by atoms with Crippen LogP contribution < -0.4 is 5.32 Å². The van der Waals surface area contributed by atoms with Crippen LogP contribution in [0.15, 0.2) is 24.3 Å². The summed E-state index contributed by atoms with van der Waals surface area (Å²) >= 11 is 0. The van der Waals surface area contributed by atoms with Crippen LogP contribution in [0.2, 0.25) is 0 Å². The van der Waals surface area contributed by atoms with Crippen molar-refractivity contribution in [3.05, 3.63) is 30.0 Å². The second-order valence-corrected chi connectivity index (χ2v) is 6.59. The topological polar surface area (TPSA) is 70.2 Å². The molecule has 1 amide bonds. The normalized spacial score (nSPS) is 19.4. The fourth-order valence-corrected chi connectivity index (χ4v) is 2.68. The summed E-state index contributed by atoms with van der Waals surface area (Å²) in [5.74, 6) is 0. The Morgan fingerprint density at radius 3 is 2.91 bits per heavy atom. The van der Waals surface area contributed by atoms with Crippen molar-refractivity contribution in [2.75, 3.05) is 19.6 Å². The van der Waals surface area contributed by atoms with E-state index in [-0.39, 0.29) is 12.1 Å². The lowest BCUT2D eigenvalue weighted by Gasteiger charge is -2.34. The van der Waals surface area contributed by atoms with Crippen molar-refractivity contribution in [1.29, 1.82) is 0 Å². The third kappa shape index (κ3) is 3.06. The van der Waals surface area contributed by atoms with E-state index >= 15 is 0 Å². The van der Waals surface area contributed by atoms with Crippen LogP contribution in [-0.2, 0) is 4.74 Å². The van der Waals surface area contributed by atoms with E-state index in [1.165, 1.54) is 0 Å². The highest BCUT2D eigenvalue weighted by atomic mass is 16.6. The molecule has 0 spiro atoms. The SMILES string of the molecule is CC(C)(C)OC(=O)N1CCNC(c2[nH]nc3ccccc23)C1. The highest BCUT2D eigenvalue weighted by molar-refractivity contribution is 5.81. The van der Waals surface area contributed by atoms with Crippen LogP contribution >= 0.6 is 0 Å². The Bertz CT molecular complexity index is 674. The molecule has 1 fully saturated rings. The van der Waals surface area contributed by atoms with E-state index in [1.54, 1.807) is 4.90 Å². The predicted octanol–water partition coefficient (Wildman–Crippen LogP) is 2.44. The fourth-order valence-electron chi connectivity index (χ4n) is 2.68. The summed E-state index contributed by atoms with van der Waals surface area (Å²) in [6.45, 7) is 7.60. The van der Waals surface area contributed by atoms with Gasteiger partial charge in [-0.05, 0) is 26.8 Å². The first-order valence-electron chi connectivity index (χ1n) is 7.58. The summed E-state index contributed by atoms with van der Waals surface area (Å²) in [7, 11) is 0. The molecule has 0 saturated carbocycles. The Kier molecular flexibility index (Phi) is 3.78. The number of benzene rings is 1. The zero-order chi connectivity index (χ0) is 15.7. The Morgan fingerprint density at radius 1 is 1.36 bits per heavy atom. The Labute approximate surface area is 129 Å². The molecule has 3 rings (SSSR count). The number of carbonyl (C=O) groups excluding carboxylic acids is 1. The number of aromatic nitrogens is 2. The minimum Gasteiger partial charge on any atom is -0.444 e. The molecule has 2 heterocycles. The number of ether oxygens (including phenoxy) is 1. The molecule has 0 radical (unpaired) electrons. The molecule has 1 saturated heterocycles. The van der Waals surface area contributed by atoms with E-state index in [4.69, 9.17) is 4.74 Å². The summed E-state index contributed by atoms with van der Waals surface area (Å²) in [5, 5.41) is 12.0. The van der Waals surface area contributed by atoms with Gasteiger partial charge in [0.25, 0.3) is 0 Å². The van der Waals surface area contributed by atoms with E-state index in [0.717, 1.165) is 23.1 Å². The number of amides is 1. The number of nitrogens with one attached hydrogen (secondary N) is 2. The molecule has 1 aliphatic heterocycles. The van der Waals surface area contributed by atoms with E-state index in [0.29, 0.717) is 13.1 Å². The van der Waals surface area contributed by atoms with Gasteiger partial charge in [-0.1, -0.05) is 18.2 Å². The van der Waals surface area contributed by atoms with Crippen LogP contribution in [0, 0.1) is 0 Å². The van der Waals surface area contributed by atoms with Crippen LogP contribution in [0.1, 0.15) is 32.5 Å². The molecular weight excluding hydrogens is 280 g/mol. The fraction of sp³-hybridized carbons (Fsp3) is 0.500. The molecule has 0 aliphatic carbocycles. The molecule has 6 nitrogen and oxygen atoms in total. The first-order chi connectivity index (χ1) is 10.4. The molecule has 6 heteroatoms. The van der Waals surface area contributed by atoms with Crippen molar-refractivity contribution in [2.45, 2.75) is 32.4 Å². The second kappa shape index (κ2) is 5.61. The van der Waals surface area contributed by atoms with Gasteiger partial charge in [-0.3, -0.25) is 5.10 Å². The summed E-state index contributed by atoms with van der Waals surface area (Å²) in [6.07, 6.45) is -0.261. The summed E-state index contributed by atoms with van der Waals surface area (Å²) in [6, 6.07) is 8.02. The van der Waals surface area contributed by atoms with E-state index in [9.17, 15) is 4.79 Å². The molecule has 1 unspecified atom stereocenters. The van der Waals surface area contributed by atoms with Gasteiger partial charge >= 0.3 is 6.09 Å². The van der Waals surface area contributed by atoms with Crippen molar-refractivity contribution in [3.8, 4) is 0 Å². The summed E-state index contributed by atoms with van der Waals surface area (Å²) in [5.41, 5.74) is 1.48. The maximum Gasteiger partial charge on any atom is 0.410 e. The Hall–Kier alpha value is -2.08. The first-order valence-corrected chi connectivity index (χ1v) is 7.58. The minimum atomic E-state index is -0.474. The molecule has 118 valence electrons. The van der Waals surface area contributed by atoms with Gasteiger partial charge in [-0.25, -0.2) is 4.79 Å². The maximum absolute atomic E-state index is 12.2. The number of carbonyl (C=O) groups is 1. The van der Waals surface area contributed by atoms with Crippen molar-refractivity contribution < 1.29 is 9.53 Å². The van der Waals surface area contributed by atoms with Crippen molar-refractivity contribution in [1.82, 2.24) is 20.4 Å². The zero-order valence-corrected chi connectivity index (χ0v) is 13.2. The van der Waals surface area contributed by atoms with Gasteiger partial charge in [-0.15, -0.1) is 0 Å². The number of hydrogen-bond acceptors (Lipinski definition) is 4. The number of H-pyrrole nitrogens is 1. The van der Waals surface area contributed by atoms with Gasteiger partial charge in [0.15, 0.2) is 0 Å². The number of aromatic amines is 1. The van der Waals surface area contributed by atoms with Gasteiger partial charge in [0.2, 0.25) is 0 Å². The third-order valence-corrected chi connectivity index (χ3v) is 3.67. The lowest BCUT2D eigenvalue weighted by atomic mass is 10.1. The maximum atomic E-state index is 12.2. The monoisotopic (exact) mass is 302 g/mol. The van der Waals surface area contributed by atoms with E-state index < -0.39 is 5.60 Å². The van der Waals surface area contributed by atoms with E-state index in [2.05, 4.69) is 15.5 Å². The molecule has 2 aromatic rings. The highest BCUT2D eigenvalue weighted by Gasteiger charge is 2.29. The predicted molar refractivity (Wildman–Crippen MR) is 84.6 cm³/mol. The van der Waals surface area contributed by atoms with Crippen molar-refractivity contribution in [3.63, 3.8) is 0 Å². The molecule has 2 N–H and O–H groups in total. The van der Waals surface area contributed by atoms with Crippen molar-refractivity contribution >= 4 is 17.0 Å². The minimum absolute atomic E-state index is 0.0358. The largest absolute Gasteiger partial charge is 0.444 e. The van der Waals surface area contributed by atoms with Crippen LogP contribution in [0.4, 0.5) is 4.79 Å². The second-order valence-electron chi connectivity index (χ2n) is 6.59. The molecule has 1 atom stereocenters. The van der Waals surface area contributed by atoms with Crippen LogP contribution in [0.5, 0.6) is 0 Å². The number of fused-ring (bicyclic) bond motifs is 1. The molecule has 0 bridgehead atoms. The summed E-state index contributed by atoms with van der Waals surface area (Å²) < 4.78 is 5.46. The average molecular weight is 302 g/mol. The Morgan fingerprint density at radius 2 is 2.14 bits per heavy atom. The van der Waals surface area contributed by atoms with Gasteiger partial charge in [0, 0.05) is 25.0 Å². The molecule has 1 aliphatic rings. The number of hydrogen-bond donors (Lipinski definition) is 2. The van der Waals surface area contributed by atoms with Crippen LogP contribution in [0.25, 0.3) is 10.9 Å². The smallest absolute Gasteiger partial charge is 0.410 e. The number of piperazine rings is 1. The highest BCUT2D eigenvalue weighted by Crippen LogP contribution is 2.24. The van der Waals surface area contributed by atoms with Gasteiger partial charge < -0.3 is 15.0 Å². The molecule has 1 aromatic carbocycles. The number of rotatable bonds is 1. The standard InChI is InChI=1S/C16H22N4O2/c1-16(2,3)22-15(21)20-9-8-17-13(10-20)14-11-6-4-5-7-12(11)18-19-14/h4-7,13,17H,8-10H2,1-3H3,(H,18,19). The number of para-hydroxylation sites is 1. The number of nitrogens with zero attached hydrogens (tertiary/aromatic N) is 2. The lowest BCUT2D eigenvalue weighted by Crippen LogP contribution is -2.49. The molecular formula is C16H22N4O2. The molecule has 22 heavy (non-hydrogen) atoms. The van der Waals surface area contributed by atoms with Crippen LogP contribution in [0.3, 0.4) is 0 Å². The van der Waals surface area contributed by atoms with Gasteiger partial charge in [0.05, 0.1) is 17.3 Å². The van der Waals surface area contributed by atoms with Crippen molar-refractivity contribution in [2.24, 2.45) is 0 Å². The molecule has 1 aromatic heterocycles. The Balaban J connectivity index is 1.77. The van der Waals surface area contributed by atoms with Gasteiger partial charge in [-0.2, -0.15) is 5.10 Å². The van der Waals surface area contributed by atoms with E-state index in [1.807, 2.05) is 45.0 Å². The average Bonchev–Trinajstić information content (AvgIpc) is 2.89. The third-order valence-electron chi connectivity index (χ3n) is 3.67. The summed E-state index contributed by atoms with van der Waals surface area (Å²) in [4.78, 5) is 14.0. The van der Waals surface area contributed by atoms with Crippen LogP contribution in [-0.4, -0.2) is 46.4 Å².